The van der Waals surface area contributed by atoms with Crippen LogP contribution in [0, 0.1) is 5.41 Å². The molecule has 1 aliphatic carbocycles. The van der Waals surface area contributed by atoms with Crippen molar-refractivity contribution in [2.75, 3.05) is 26.3 Å². The molecule has 0 unspecified atom stereocenters. The van der Waals surface area contributed by atoms with Crippen molar-refractivity contribution in [2.24, 2.45) is 5.41 Å². The van der Waals surface area contributed by atoms with Gasteiger partial charge in [-0.3, -0.25) is 9.59 Å². The highest BCUT2D eigenvalue weighted by molar-refractivity contribution is 5.88. The monoisotopic (exact) mass is 333 g/mol. The maximum Gasteiger partial charge on any atom is 0.313 e. The zero-order valence-corrected chi connectivity index (χ0v) is 14.3. The third kappa shape index (κ3) is 3.56. The summed E-state index contributed by atoms with van der Waals surface area (Å²) in [6.07, 6.45) is 11.2. The number of carboxylic acids is 1. The lowest BCUT2D eigenvalue weighted by atomic mass is 9.71. The van der Waals surface area contributed by atoms with Crippen LogP contribution in [0.4, 0.5) is 0 Å². The highest BCUT2D eigenvalue weighted by Gasteiger charge is 2.44. The Hall–Kier alpha value is -1.62. The highest BCUT2D eigenvalue weighted by Crippen LogP contribution is 2.41. The molecule has 0 atom stereocenters. The second-order valence-corrected chi connectivity index (χ2v) is 7.13. The van der Waals surface area contributed by atoms with Crippen LogP contribution < -0.4 is 0 Å². The number of nitrogens with zero attached hydrogens (tertiary/aromatic N) is 1. The van der Waals surface area contributed by atoms with Crippen molar-refractivity contribution in [1.29, 1.82) is 0 Å². The van der Waals surface area contributed by atoms with Gasteiger partial charge in [-0.15, -0.1) is 0 Å². The number of aliphatic carboxylic acids is 1. The molecule has 3 aliphatic rings. The minimum absolute atomic E-state index is 0.0820. The molecule has 3 rings (SSSR count). The van der Waals surface area contributed by atoms with Crippen molar-refractivity contribution >= 4 is 11.9 Å². The zero-order chi connectivity index (χ0) is 17.0. The van der Waals surface area contributed by atoms with Crippen LogP contribution in [-0.4, -0.2) is 48.2 Å². The van der Waals surface area contributed by atoms with E-state index in [9.17, 15) is 14.7 Å². The average molecular weight is 333 g/mol. The fourth-order valence-corrected chi connectivity index (χ4v) is 4.11. The molecule has 2 aliphatic heterocycles. The van der Waals surface area contributed by atoms with Gasteiger partial charge in [-0.05, 0) is 44.9 Å². The van der Waals surface area contributed by atoms with Crippen LogP contribution in [0.1, 0.15) is 51.4 Å². The summed E-state index contributed by atoms with van der Waals surface area (Å²) in [7, 11) is 0. The van der Waals surface area contributed by atoms with Gasteiger partial charge in [0.05, 0.1) is 5.41 Å². The first-order valence-corrected chi connectivity index (χ1v) is 9.11. The summed E-state index contributed by atoms with van der Waals surface area (Å²) >= 11 is 0. The van der Waals surface area contributed by atoms with Crippen LogP contribution in [0.5, 0.6) is 0 Å². The van der Waals surface area contributed by atoms with Crippen LogP contribution in [0.3, 0.4) is 0 Å². The molecule has 0 radical (unpaired) electrons. The fraction of sp³-hybridized carbons (Fsp3) is 0.684. The van der Waals surface area contributed by atoms with Gasteiger partial charge in [0.1, 0.15) is 0 Å². The van der Waals surface area contributed by atoms with Gasteiger partial charge >= 0.3 is 5.97 Å². The van der Waals surface area contributed by atoms with Crippen LogP contribution in [-0.2, 0) is 14.3 Å². The molecule has 1 N–H and O–H groups in total. The quantitative estimate of drug-likeness (QED) is 0.637. The molecule has 0 bridgehead atoms. The normalized spacial score (nSPS) is 24.2. The van der Waals surface area contributed by atoms with E-state index in [4.69, 9.17) is 4.74 Å². The number of hydrogen-bond acceptors (Lipinski definition) is 3. The topological polar surface area (TPSA) is 66.8 Å². The van der Waals surface area contributed by atoms with Crippen LogP contribution >= 0.6 is 0 Å². The first-order valence-electron chi connectivity index (χ1n) is 9.11. The molecule has 0 aromatic carbocycles. The van der Waals surface area contributed by atoms with E-state index in [2.05, 4.69) is 0 Å². The van der Waals surface area contributed by atoms with Crippen molar-refractivity contribution in [3.05, 3.63) is 23.3 Å². The van der Waals surface area contributed by atoms with E-state index in [0.717, 1.165) is 18.4 Å². The van der Waals surface area contributed by atoms with Crippen molar-refractivity contribution < 1.29 is 19.4 Å². The van der Waals surface area contributed by atoms with Gasteiger partial charge in [-0.25, -0.2) is 0 Å². The van der Waals surface area contributed by atoms with E-state index in [1.54, 1.807) is 0 Å². The molecular weight excluding hydrogens is 306 g/mol. The molecule has 0 aromatic heterocycles. The van der Waals surface area contributed by atoms with Gasteiger partial charge in [0.2, 0.25) is 5.91 Å². The van der Waals surface area contributed by atoms with Gasteiger partial charge in [-0.1, -0.05) is 23.6 Å². The third-order valence-corrected chi connectivity index (χ3v) is 5.71. The van der Waals surface area contributed by atoms with E-state index in [0.29, 0.717) is 45.6 Å². The van der Waals surface area contributed by atoms with Crippen molar-refractivity contribution in [3.8, 4) is 0 Å². The first-order chi connectivity index (χ1) is 11.6. The molecule has 5 heteroatoms. The molecule has 1 saturated carbocycles. The standard InChI is InChI=1S/C19H27NO4/c21-17(14-15-4-2-1-3-5-15)20-10-6-16(7-11-20)19(18(22)23)8-12-24-13-9-19/h6,14H,1-5,7-13H2,(H,22,23). The summed E-state index contributed by atoms with van der Waals surface area (Å²) in [6.45, 7) is 2.13. The molecule has 1 saturated heterocycles. The Bertz CT molecular complexity index is 550. The van der Waals surface area contributed by atoms with Crippen LogP contribution in [0.2, 0.25) is 0 Å². The summed E-state index contributed by atoms with van der Waals surface area (Å²) in [5.74, 6) is -0.667. The lowest BCUT2D eigenvalue weighted by Crippen LogP contribution is -2.43. The molecule has 0 aromatic rings. The summed E-state index contributed by atoms with van der Waals surface area (Å²) in [5, 5.41) is 9.75. The number of carbonyl (C=O) groups is 2. The van der Waals surface area contributed by atoms with Gasteiger partial charge < -0.3 is 14.7 Å². The zero-order valence-electron chi connectivity index (χ0n) is 14.3. The summed E-state index contributed by atoms with van der Waals surface area (Å²) in [5.41, 5.74) is 1.47. The predicted molar refractivity (Wildman–Crippen MR) is 90.6 cm³/mol. The van der Waals surface area contributed by atoms with Crippen LogP contribution in [0.15, 0.2) is 23.3 Å². The second kappa shape index (κ2) is 7.51. The second-order valence-electron chi connectivity index (χ2n) is 7.13. The minimum atomic E-state index is -0.783. The van der Waals surface area contributed by atoms with E-state index in [1.165, 1.54) is 24.8 Å². The molecule has 132 valence electrons. The molecule has 1 amide bonds. The Kier molecular flexibility index (Phi) is 5.39. The molecule has 5 nitrogen and oxygen atoms in total. The lowest BCUT2D eigenvalue weighted by molar-refractivity contribution is -0.151. The van der Waals surface area contributed by atoms with E-state index < -0.39 is 11.4 Å². The van der Waals surface area contributed by atoms with Crippen LogP contribution in [0.25, 0.3) is 0 Å². The Labute approximate surface area is 143 Å². The molecule has 0 spiro atoms. The third-order valence-electron chi connectivity index (χ3n) is 5.71. The minimum Gasteiger partial charge on any atom is -0.481 e. The SMILES string of the molecule is O=C(C=C1CCCCC1)N1CC=C(C2(C(=O)O)CCOCC2)CC1. The fourth-order valence-electron chi connectivity index (χ4n) is 4.11. The summed E-state index contributed by atoms with van der Waals surface area (Å²) < 4.78 is 5.35. The molecule has 24 heavy (non-hydrogen) atoms. The van der Waals surface area contributed by atoms with Crippen molar-refractivity contribution in [2.45, 2.75) is 51.4 Å². The van der Waals surface area contributed by atoms with Gasteiger partial charge in [0, 0.05) is 32.4 Å². The van der Waals surface area contributed by atoms with Crippen molar-refractivity contribution in [3.63, 3.8) is 0 Å². The Morgan fingerprint density at radius 1 is 1.12 bits per heavy atom. The summed E-state index contributed by atoms with van der Waals surface area (Å²) in [4.78, 5) is 26.1. The molecule has 2 fully saturated rings. The number of allylic oxidation sites excluding steroid dienone is 1. The van der Waals surface area contributed by atoms with E-state index >= 15 is 0 Å². The van der Waals surface area contributed by atoms with E-state index in [1.807, 2.05) is 17.1 Å². The average Bonchev–Trinajstić information content (AvgIpc) is 2.63. The molecular formula is C19H27NO4. The number of hydrogen-bond donors (Lipinski definition) is 1. The first kappa shape index (κ1) is 17.2. The van der Waals surface area contributed by atoms with Gasteiger partial charge in [0.25, 0.3) is 0 Å². The smallest absolute Gasteiger partial charge is 0.313 e. The predicted octanol–water partition coefficient (Wildman–Crippen LogP) is 2.92. The lowest BCUT2D eigenvalue weighted by Gasteiger charge is -2.38. The van der Waals surface area contributed by atoms with Crippen molar-refractivity contribution in [1.82, 2.24) is 4.90 Å². The largest absolute Gasteiger partial charge is 0.481 e. The Morgan fingerprint density at radius 3 is 2.42 bits per heavy atom. The highest BCUT2D eigenvalue weighted by atomic mass is 16.5. The number of amides is 1. The Balaban J connectivity index is 1.66. The number of rotatable bonds is 3. The van der Waals surface area contributed by atoms with Gasteiger partial charge in [0.15, 0.2) is 0 Å². The number of ether oxygens (including phenoxy) is 1. The Morgan fingerprint density at radius 2 is 1.83 bits per heavy atom. The maximum absolute atomic E-state index is 12.4. The van der Waals surface area contributed by atoms with Gasteiger partial charge in [-0.2, -0.15) is 0 Å². The molecule has 2 heterocycles. The maximum atomic E-state index is 12.4. The number of carboxylic acid groups (broad SMARTS) is 1. The summed E-state index contributed by atoms with van der Waals surface area (Å²) in [6, 6.07) is 0. The van der Waals surface area contributed by atoms with E-state index in [-0.39, 0.29) is 5.91 Å². The number of carbonyl (C=O) groups excluding carboxylic acids is 1.